The van der Waals surface area contributed by atoms with E-state index in [1.807, 2.05) is 49.4 Å². The standard InChI is InChI=1S/C18H17ClN6O2S/c1-11(12-6-7-15-16(8-12)27-10-26-15)21-22-17-23-24-18(25(17)20)28-9-13-4-2-3-5-14(13)19/h2-8H,9-10,20H2,1H3,(H,22,23)/b21-11+. The lowest BCUT2D eigenvalue weighted by molar-refractivity contribution is 0.174. The molecule has 1 aliphatic heterocycles. The summed E-state index contributed by atoms with van der Waals surface area (Å²) >= 11 is 7.62. The first-order valence-electron chi connectivity index (χ1n) is 8.39. The van der Waals surface area contributed by atoms with Crippen LogP contribution >= 0.6 is 23.4 Å². The van der Waals surface area contributed by atoms with Gasteiger partial charge in [-0.3, -0.25) is 0 Å². The Kier molecular flexibility index (Phi) is 5.27. The molecule has 0 amide bonds. The molecule has 10 heteroatoms. The van der Waals surface area contributed by atoms with Crippen molar-refractivity contribution in [2.75, 3.05) is 18.1 Å². The molecule has 0 fully saturated rings. The van der Waals surface area contributed by atoms with Crippen LogP contribution in [0.25, 0.3) is 0 Å². The highest BCUT2D eigenvalue weighted by molar-refractivity contribution is 7.98. The first-order chi connectivity index (χ1) is 13.6. The van der Waals surface area contributed by atoms with Gasteiger partial charge in [-0.1, -0.05) is 41.6 Å². The van der Waals surface area contributed by atoms with Crippen LogP contribution in [-0.2, 0) is 5.75 Å². The molecule has 0 bridgehead atoms. The summed E-state index contributed by atoms with van der Waals surface area (Å²) in [6, 6.07) is 13.3. The summed E-state index contributed by atoms with van der Waals surface area (Å²) in [5.74, 6) is 8.47. The van der Waals surface area contributed by atoms with E-state index in [9.17, 15) is 0 Å². The van der Waals surface area contributed by atoms with Crippen LogP contribution < -0.4 is 20.7 Å². The fraction of sp³-hybridized carbons (Fsp3) is 0.167. The number of ether oxygens (including phenoxy) is 2. The predicted octanol–water partition coefficient (Wildman–Crippen LogP) is 3.50. The molecule has 1 aliphatic rings. The second-order valence-electron chi connectivity index (χ2n) is 5.93. The summed E-state index contributed by atoms with van der Waals surface area (Å²) in [4.78, 5) is 0. The maximum Gasteiger partial charge on any atom is 0.264 e. The van der Waals surface area contributed by atoms with Crippen LogP contribution in [0.4, 0.5) is 5.95 Å². The second-order valence-corrected chi connectivity index (χ2v) is 7.28. The number of anilines is 1. The molecule has 3 N–H and O–H groups in total. The molecule has 28 heavy (non-hydrogen) atoms. The number of hydrogen-bond donors (Lipinski definition) is 2. The van der Waals surface area contributed by atoms with Crippen LogP contribution in [0.5, 0.6) is 11.5 Å². The summed E-state index contributed by atoms with van der Waals surface area (Å²) < 4.78 is 12.1. The Hall–Kier alpha value is -2.91. The van der Waals surface area contributed by atoms with E-state index in [0.717, 1.165) is 22.6 Å². The normalized spacial score (nSPS) is 13.0. The topological polar surface area (TPSA) is 99.6 Å². The number of nitrogens with two attached hydrogens (primary N) is 1. The number of nitrogens with one attached hydrogen (secondary N) is 1. The highest BCUT2D eigenvalue weighted by Crippen LogP contribution is 2.32. The maximum atomic E-state index is 6.18. The van der Waals surface area contributed by atoms with Crippen LogP contribution in [0.15, 0.2) is 52.7 Å². The summed E-state index contributed by atoms with van der Waals surface area (Å²) in [5.41, 5.74) is 5.49. The van der Waals surface area contributed by atoms with Crippen LogP contribution in [-0.4, -0.2) is 27.4 Å². The van der Waals surface area contributed by atoms with Gasteiger partial charge in [0.25, 0.3) is 5.95 Å². The van der Waals surface area contributed by atoms with Gasteiger partial charge in [-0.05, 0) is 36.8 Å². The highest BCUT2D eigenvalue weighted by Gasteiger charge is 2.15. The lowest BCUT2D eigenvalue weighted by atomic mass is 10.1. The van der Waals surface area contributed by atoms with Crippen molar-refractivity contribution in [3.05, 3.63) is 58.6 Å². The molecular formula is C18H17ClN6O2S. The number of rotatable bonds is 6. The zero-order chi connectivity index (χ0) is 19.5. The third-order valence-electron chi connectivity index (χ3n) is 4.09. The number of nitrogen functional groups attached to an aromatic ring is 1. The molecule has 4 rings (SSSR count). The Morgan fingerprint density at radius 1 is 1.25 bits per heavy atom. The Morgan fingerprint density at radius 3 is 2.93 bits per heavy atom. The zero-order valence-electron chi connectivity index (χ0n) is 14.9. The molecule has 3 aromatic rings. The van der Waals surface area contributed by atoms with Gasteiger partial charge in [0.1, 0.15) is 0 Å². The van der Waals surface area contributed by atoms with Crippen LogP contribution in [0, 0.1) is 0 Å². The number of halogens is 1. The van der Waals surface area contributed by atoms with Gasteiger partial charge < -0.3 is 15.3 Å². The van der Waals surface area contributed by atoms with E-state index in [4.69, 9.17) is 26.9 Å². The van der Waals surface area contributed by atoms with Gasteiger partial charge in [-0.2, -0.15) is 5.10 Å². The smallest absolute Gasteiger partial charge is 0.264 e. The number of nitrogens with zero attached hydrogens (tertiary/aromatic N) is 4. The molecule has 0 saturated heterocycles. The Bertz CT molecular complexity index is 1040. The van der Waals surface area contributed by atoms with E-state index in [2.05, 4.69) is 20.7 Å². The van der Waals surface area contributed by atoms with Crippen molar-refractivity contribution < 1.29 is 9.47 Å². The van der Waals surface area contributed by atoms with Gasteiger partial charge in [0.05, 0.1) is 5.71 Å². The van der Waals surface area contributed by atoms with E-state index in [0.29, 0.717) is 27.6 Å². The molecule has 8 nitrogen and oxygen atoms in total. The summed E-state index contributed by atoms with van der Waals surface area (Å²) in [6.07, 6.45) is 0. The number of hydrazone groups is 1. The number of fused-ring (bicyclic) bond motifs is 1. The van der Waals surface area contributed by atoms with Gasteiger partial charge >= 0.3 is 0 Å². The summed E-state index contributed by atoms with van der Waals surface area (Å²) in [7, 11) is 0. The predicted molar refractivity (Wildman–Crippen MR) is 110 cm³/mol. The van der Waals surface area contributed by atoms with Crippen molar-refractivity contribution in [3.8, 4) is 11.5 Å². The number of aromatic nitrogens is 3. The molecule has 0 radical (unpaired) electrons. The van der Waals surface area contributed by atoms with Crippen molar-refractivity contribution in [1.82, 2.24) is 14.9 Å². The van der Waals surface area contributed by atoms with E-state index < -0.39 is 0 Å². The fourth-order valence-corrected chi connectivity index (χ4v) is 3.67. The molecule has 0 saturated carbocycles. The summed E-state index contributed by atoms with van der Waals surface area (Å²) in [6.45, 7) is 2.10. The van der Waals surface area contributed by atoms with Crippen LogP contribution in [0.3, 0.4) is 0 Å². The van der Waals surface area contributed by atoms with Gasteiger partial charge in [-0.25, -0.2) is 10.1 Å². The minimum absolute atomic E-state index is 0.234. The number of hydrogen-bond acceptors (Lipinski definition) is 8. The van der Waals surface area contributed by atoms with Gasteiger partial charge in [0, 0.05) is 16.3 Å². The van der Waals surface area contributed by atoms with Crippen molar-refractivity contribution >= 4 is 35.0 Å². The molecular weight excluding hydrogens is 400 g/mol. The minimum atomic E-state index is 0.234. The molecule has 0 spiro atoms. The van der Waals surface area contributed by atoms with Crippen LogP contribution in [0.2, 0.25) is 5.02 Å². The molecule has 0 aliphatic carbocycles. The van der Waals surface area contributed by atoms with Crippen LogP contribution in [0.1, 0.15) is 18.1 Å². The molecule has 2 heterocycles. The van der Waals surface area contributed by atoms with Crippen molar-refractivity contribution in [3.63, 3.8) is 0 Å². The van der Waals surface area contributed by atoms with Gasteiger partial charge in [0.15, 0.2) is 11.5 Å². The first kappa shape index (κ1) is 18.5. The minimum Gasteiger partial charge on any atom is -0.454 e. The molecule has 144 valence electrons. The van der Waals surface area contributed by atoms with Crippen molar-refractivity contribution in [2.45, 2.75) is 17.8 Å². The summed E-state index contributed by atoms with van der Waals surface area (Å²) in [5, 5.41) is 13.7. The highest BCUT2D eigenvalue weighted by atomic mass is 35.5. The maximum absolute atomic E-state index is 6.18. The largest absolute Gasteiger partial charge is 0.454 e. The average molecular weight is 417 g/mol. The lowest BCUT2D eigenvalue weighted by Crippen LogP contribution is -2.13. The Labute approximate surface area is 170 Å². The van der Waals surface area contributed by atoms with E-state index in [1.165, 1.54) is 16.4 Å². The second kappa shape index (κ2) is 7.99. The molecule has 1 aromatic heterocycles. The average Bonchev–Trinajstić information content (AvgIpc) is 3.31. The SMILES string of the molecule is C/C(=N\Nc1nnc(SCc2ccccc2Cl)n1N)c1ccc2c(c1)OCO2. The monoisotopic (exact) mass is 416 g/mol. The lowest BCUT2D eigenvalue weighted by Gasteiger charge is -2.06. The number of benzene rings is 2. The fourth-order valence-electron chi connectivity index (χ4n) is 2.53. The quantitative estimate of drug-likeness (QED) is 0.274. The zero-order valence-corrected chi connectivity index (χ0v) is 16.5. The van der Waals surface area contributed by atoms with E-state index >= 15 is 0 Å². The van der Waals surface area contributed by atoms with Crippen molar-refractivity contribution in [1.29, 1.82) is 0 Å². The van der Waals surface area contributed by atoms with E-state index in [-0.39, 0.29) is 6.79 Å². The Morgan fingerprint density at radius 2 is 2.07 bits per heavy atom. The molecule has 0 atom stereocenters. The molecule has 2 aromatic carbocycles. The van der Waals surface area contributed by atoms with Gasteiger partial charge in [-0.15, -0.1) is 10.2 Å². The Balaban J connectivity index is 1.43. The third-order valence-corrected chi connectivity index (χ3v) is 5.45. The molecule has 0 unspecified atom stereocenters. The van der Waals surface area contributed by atoms with Gasteiger partial charge in [0.2, 0.25) is 11.9 Å². The third kappa shape index (κ3) is 3.85. The number of thioether (sulfide) groups is 1. The van der Waals surface area contributed by atoms with E-state index in [1.54, 1.807) is 0 Å². The van der Waals surface area contributed by atoms with Crippen molar-refractivity contribution in [2.24, 2.45) is 5.10 Å². The first-order valence-corrected chi connectivity index (χ1v) is 9.75.